The predicted octanol–water partition coefficient (Wildman–Crippen LogP) is 1.37. The van der Waals surface area contributed by atoms with Crippen molar-refractivity contribution in [3.63, 3.8) is 0 Å². The van der Waals surface area contributed by atoms with Crippen molar-refractivity contribution in [2.45, 2.75) is 25.4 Å². The van der Waals surface area contributed by atoms with Crippen LogP contribution < -0.4 is 24.8 Å². The number of carbonyl (C=O) groups excluding carboxylic acids is 1. The van der Waals surface area contributed by atoms with E-state index in [4.69, 9.17) is 14.2 Å². The third kappa shape index (κ3) is 3.29. The van der Waals surface area contributed by atoms with Gasteiger partial charge in [-0.1, -0.05) is 0 Å². The first-order valence-electron chi connectivity index (χ1n) is 8.56. The summed E-state index contributed by atoms with van der Waals surface area (Å²) in [5.41, 5.74) is 1.07. The molecule has 0 aliphatic carbocycles. The zero-order valence-electron chi connectivity index (χ0n) is 14.3. The summed E-state index contributed by atoms with van der Waals surface area (Å²) in [6, 6.07) is 3.80. The van der Waals surface area contributed by atoms with Crippen LogP contribution in [0.5, 0.6) is 17.2 Å². The van der Waals surface area contributed by atoms with Gasteiger partial charge in [0.1, 0.15) is 11.9 Å². The smallest absolute Gasteiger partial charge is 0.207 e. The molecule has 24 heavy (non-hydrogen) atoms. The zero-order chi connectivity index (χ0) is 16.9. The Bertz CT molecular complexity index is 572. The van der Waals surface area contributed by atoms with E-state index in [1.807, 2.05) is 12.1 Å². The topological polar surface area (TPSA) is 68.8 Å². The summed E-state index contributed by atoms with van der Waals surface area (Å²) in [4.78, 5) is 10.7. The third-order valence-corrected chi connectivity index (χ3v) is 5.19. The molecule has 1 saturated heterocycles. The van der Waals surface area contributed by atoms with Crippen molar-refractivity contribution in [3.05, 3.63) is 17.7 Å². The lowest BCUT2D eigenvalue weighted by Gasteiger charge is -2.40. The van der Waals surface area contributed by atoms with Crippen molar-refractivity contribution in [1.29, 1.82) is 0 Å². The first-order valence-corrected chi connectivity index (χ1v) is 8.56. The van der Waals surface area contributed by atoms with Gasteiger partial charge in [0.2, 0.25) is 6.41 Å². The number of ether oxygens (including phenoxy) is 3. The molecule has 0 spiro atoms. The number of hydrogen-bond acceptors (Lipinski definition) is 5. The van der Waals surface area contributed by atoms with Gasteiger partial charge in [-0.3, -0.25) is 4.79 Å². The molecule has 0 aromatic heterocycles. The normalized spacial score (nSPS) is 23.8. The fourth-order valence-corrected chi connectivity index (χ4v) is 3.99. The Morgan fingerprint density at radius 3 is 2.75 bits per heavy atom. The second kappa shape index (κ2) is 7.75. The van der Waals surface area contributed by atoms with Crippen LogP contribution >= 0.6 is 0 Å². The standard InChI is InChI=1S/C18H26N2O4/c1-22-16-4-3-15-14(18(16)23-2)9-13(12-5-7-19-8-6-12)17(24-15)10-20-11-21/h3-4,11-13,17,19H,5-10H2,1-2H3,(H,20,21)/t13-,17+/m1/s1. The SMILES string of the molecule is COc1ccc2c(c1OC)C[C@H](C1CCNCC1)[C@H](CNC=O)O2. The highest BCUT2D eigenvalue weighted by Gasteiger charge is 2.37. The third-order valence-electron chi connectivity index (χ3n) is 5.19. The number of amides is 1. The van der Waals surface area contributed by atoms with Gasteiger partial charge in [0.25, 0.3) is 0 Å². The van der Waals surface area contributed by atoms with Crippen molar-refractivity contribution in [1.82, 2.24) is 10.6 Å². The predicted molar refractivity (Wildman–Crippen MR) is 90.8 cm³/mol. The molecule has 1 amide bonds. The Balaban J connectivity index is 1.91. The van der Waals surface area contributed by atoms with E-state index < -0.39 is 0 Å². The van der Waals surface area contributed by atoms with Gasteiger partial charge >= 0.3 is 0 Å². The van der Waals surface area contributed by atoms with Gasteiger partial charge in [-0.15, -0.1) is 0 Å². The van der Waals surface area contributed by atoms with Gasteiger partial charge in [0.05, 0.1) is 20.8 Å². The highest BCUT2D eigenvalue weighted by atomic mass is 16.5. The number of carbonyl (C=O) groups is 1. The highest BCUT2D eigenvalue weighted by Crippen LogP contribution is 2.45. The summed E-state index contributed by atoms with van der Waals surface area (Å²) in [5, 5.41) is 6.21. The van der Waals surface area contributed by atoms with Crippen LogP contribution in [-0.4, -0.2) is 46.4 Å². The summed E-state index contributed by atoms with van der Waals surface area (Å²) >= 11 is 0. The highest BCUT2D eigenvalue weighted by molar-refractivity contribution is 5.55. The van der Waals surface area contributed by atoms with Crippen LogP contribution in [0.2, 0.25) is 0 Å². The fourth-order valence-electron chi connectivity index (χ4n) is 3.99. The molecule has 1 aromatic rings. The lowest BCUT2D eigenvalue weighted by molar-refractivity contribution is -0.110. The minimum absolute atomic E-state index is 0.0103. The summed E-state index contributed by atoms with van der Waals surface area (Å²) in [6.07, 6.45) is 3.88. The molecule has 132 valence electrons. The maximum Gasteiger partial charge on any atom is 0.207 e. The molecule has 1 aromatic carbocycles. The van der Waals surface area contributed by atoms with E-state index in [1.54, 1.807) is 14.2 Å². The van der Waals surface area contributed by atoms with Crippen LogP contribution in [-0.2, 0) is 11.2 Å². The van der Waals surface area contributed by atoms with Crippen molar-refractivity contribution in [2.75, 3.05) is 33.9 Å². The molecule has 0 radical (unpaired) electrons. The van der Waals surface area contributed by atoms with Gasteiger partial charge in [-0.25, -0.2) is 0 Å². The van der Waals surface area contributed by atoms with Crippen molar-refractivity contribution < 1.29 is 19.0 Å². The number of hydrogen-bond donors (Lipinski definition) is 2. The van der Waals surface area contributed by atoms with Crippen molar-refractivity contribution in [2.24, 2.45) is 11.8 Å². The Hall–Kier alpha value is -1.95. The molecule has 6 nitrogen and oxygen atoms in total. The Kier molecular flexibility index (Phi) is 5.45. The molecule has 2 aliphatic heterocycles. The number of methoxy groups -OCH3 is 2. The molecule has 6 heteroatoms. The minimum Gasteiger partial charge on any atom is -0.493 e. The lowest BCUT2D eigenvalue weighted by atomic mass is 9.76. The molecule has 3 rings (SSSR count). The van der Waals surface area contributed by atoms with Crippen LogP contribution in [0, 0.1) is 11.8 Å². The quantitative estimate of drug-likeness (QED) is 0.769. The lowest BCUT2D eigenvalue weighted by Crippen LogP contribution is -2.46. The van der Waals surface area contributed by atoms with Crippen LogP contribution in [0.1, 0.15) is 18.4 Å². The first-order chi connectivity index (χ1) is 11.8. The molecule has 2 N–H and O–H groups in total. The van der Waals surface area contributed by atoms with Crippen molar-refractivity contribution in [3.8, 4) is 17.2 Å². The number of nitrogens with one attached hydrogen (secondary N) is 2. The van der Waals surface area contributed by atoms with Crippen molar-refractivity contribution >= 4 is 6.41 Å². The number of benzene rings is 1. The van der Waals surface area contributed by atoms with E-state index in [0.29, 0.717) is 18.4 Å². The van der Waals surface area contributed by atoms with Crippen LogP contribution in [0.4, 0.5) is 0 Å². The number of piperidine rings is 1. The average molecular weight is 334 g/mol. The fraction of sp³-hybridized carbons (Fsp3) is 0.611. The second-order valence-corrected chi connectivity index (χ2v) is 6.42. The molecule has 1 fully saturated rings. The number of rotatable bonds is 6. The second-order valence-electron chi connectivity index (χ2n) is 6.42. The van der Waals surface area contributed by atoms with E-state index in [0.717, 1.165) is 61.6 Å². The van der Waals surface area contributed by atoms with Crippen LogP contribution in [0.25, 0.3) is 0 Å². The maximum atomic E-state index is 10.7. The van der Waals surface area contributed by atoms with E-state index >= 15 is 0 Å². The Labute approximate surface area is 142 Å². The molecule has 0 saturated carbocycles. The molecule has 2 heterocycles. The molecular weight excluding hydrogens is 308 g/mol. The average Bonchev–Trinajstić information content (AvgIpc) is 2.65. The van der Waals surface area contributed by atoms with E-state index in [2.05, 4.69) is 10.6 Å². The Morgan fingerprint density at radius 2 is 2.08 bits per heavy atom. The molecule has 2 atom stereocenters. The van der Waals surface area contributed by atoms with Gasteiger partial charge in [0.15, 0.2) is 11.5 Å². The van der Waals surface area contributed by atoms with Gasteiger partial charge in [-0.2, -0.15) is 0 Å². The summed E-state index contributed by atoms with van der Waals surface area (Å²) in [7, 11) is 3.31. The van der Waals surface area contributed by atoms with Gasteiger partial charge in [0, 0.05) is 11.5 Å². The summed E-state index contributed by atoms with van der Waals surface area (Å²) in [6.45, 7) is 2.61. The zero-order valence-corrected chi connectivity index (χ0v) is 14.3. The van der Waals surface area contributed by atoms with E-state index in [-0.39, 0.29) is 6.10 Å². The van der Waals surface area contributed by atoms with E-state index in [9.17, 15) is 4.79 Å². The van der Waals surface area contributed by atoms with E-state index in [1.165, 1.54) is 0 Å². The number of fused-ring (bicyclic) bond motifs is 1. The molecule has 0 bridgehead atoms. The van der Waals surface area contributed by atoms with Crippen LogP contribution in [0.3, 0.4) is 0 Å². The molecule has 2 aliphatic rings. The van der Waals surface area contributed by atoms with Gasteiger partial charge in [-0.05, 0) is 50.4 Å². The summed E-state index contributed by atoms with van der Waals surface area (Å²) in [5.74, 6) is 3.25. The minimum atomic E-state index is -0.0103. The monoisotopic (exact) mass is 334 g/mol. The Morgan fingerprint density at radius 1 is 1.29 bits per heavy atom. The van der Waals surface area contributed by atoms with Gasteiger partial charge < -0.3 is 24.8 Å². The molecule has 0 unspecified atom stereocenters. The van der Waals surface area contributed by atoms with Crippen LogP contribution in [0.15, 0.2) is 12.1 Å². The summed E-state index contributed by atoms with van der Waals surface area (Å²) < 4.78 is 17.3. The maximum absolute atomic E-state index is 10.7. The first kappa shape index (κ1) is 16.9. The molecular formula is C18H26N2O4. The largest absolute Gasteiger partial charge is 0.493 e.